The zero-order chi connectivity index (χ0) is 12.7. The van der Waals surface area contributed by atoms with Crippen molar-refractivity contribution < 1.29 is 14.3 Å². The number of rotatable bonds is 6. The van der Waals surface area contributed by atoms with Crippen molar-refractivity contribution in [3.8, 4) is 0 Å². The van der Waals surface area contributed by atoms with Crippen molar-refractivity contribution >= 4 is 11.9 Å². The van der Waals surface area contributed by atoms with Gasteiger partial charge in [0.15, 0.2) is 0 Å². The summed E-state index contributed by atoms with van der Waals surface area (Å²) in [5, 5.41) is 3.30. The van der Waals surface area contributed by atoms with E-state index in [1.54, 1.807) is 4.90 Å². The quantitative estimate of drug-likeness (QED) is 0.500. The molecule has 17 heavy (non-hydrogen) atoms. The normalized spacial score (nSPS) is 17.1. The number of amides is 3. The van der Waals surface area contributed by atoms with Gasteiger partial charge in [-0.2, -0.15) is 0 Å². The van der Waals surface area contributed by atoms with E-state index in [9.17, 15) is 9.59 Å². The largest absolute Gasteiger partial charge is 0.370 e. The lowest BCUT2D eigenvalue weighted by molar-refractivity contribution is -0.122. The highest BCUT2D eigenvalue weighted by Crippen LogP contribution is 2.09. The van der Waals surface area contributed by atoms with Crippen LogP contribution >= 0.6 is 0 Å². The van der Waals surface area contributed by atoms with Gasteiger partial charge in [0.25, 0.3) is 0 Å². The van der Waals surface area contributed by atoms with Gasteiger partial charge in [-0.1, -0.05) is 0 Å². The van der Waals surface area contributed by atoms with Gasteiger partial charge in [-0.25, -0.2) is 4.79 Å². The Morgan fingerprint density at radius 3 is 2.47 bits per heavy atom. The van der Waals surface area contributed by atoms with E-state index in [1.165, 1.54) is 0 Å². The molecule has 0 saturated carbocycles. The molecule has 0 spiro atoms. The maximum absolute atomic E-state index is 10.9. The van der Waals surface area contributed by atoms with Crippen molar-refractivity contribution in [1.29, 1.82) is 0 Å². The average molecular weight is 244 g/mol. The molecule has 0 radical (unpaired) electrons. The van der Waals surface area contributed by atoms with Crippen LogP contribution in [0.25, 0.3) is 0 Å². The van der Waals surface area contributed by atoms with Gasteiger partial charge < -0.3 is 26.4 Å². The molecular weight excluding hydrogens is 224 g/mol. The average Bonchev–Trinajstić information content (AvgIpc) is 2.29. The fraction of sp³-hybridized carbons (Fsp3) is 0.800. The van der Waals surface area contributed by atoms with Crippen molar-refractivity contribution in [2.45, 2.75) is 18.9 Å². The number of hydrogen-bond acceptors (Lipinski definition) is 4. The smallest absolute Gasteiger partial charge is 0.314 e. The Morgan fingerprint density at radius 2 is 1.94 bits per heavy atom. The Bertz CT molecular complexity index is 264. The molecule has 0 aromatic carbocycles. The van der Waals surface area contributed by atoms with Crippen LogP contribution in [0.5, 0.6) is 0 Å². The lowest BCUT2D eigenvalue weighted by atomic mass is 10.1. The van der Waals surface area contributed by atoms with E-state index in [0.29, 0.717) is 32.3 Å². The van der Waals surface area contributed by atoms with Crippen LogP contribution in [0.4, 0.5) is 4.79 Å². The molecule has 7 nitrogen and oxygen atoms in total. The molecule has 7 heteroatoms. The number of carbonyl (C=O) groups is 2. The number of nitrogens with zero attached hydrogens (tertiary/aromatic N) is 1. The fourth-order valence-corrected chi connectivity index (χ4v) is 1.81. The number of likely N-dealkylation sites (tertiary alicyclic amines) is 1. The van der Waals surface area contributed by atoms with E-state index in [-0.39, 0.29) is 12.6 Å². The predicted molar refractivity (Wildman–Crippen MR) is 62.2 cm³/mol. The van der Waals surface area contributed by atoms with E-state index in [4.69, 9.17) is 16.2 Å². The third kappa shape index (κ3) is 5.50. The number of carbonyl (C=O) groups excluding carboxylic acids is 2. The number of urea groups is 1. The number of ether oxygens (including phenoxy) is 1. The molecule has 98 valence electrons. The molecule has 1 heterocycles. The summed E-state index contributed by atoms with van der Waals surface area (Å²) in [6, 6.07) is 0.0241. The molecule has 0 aliphatic carbocycles. The van der Waals surface area contributed by atoms with Gasteiger partial charge in [0, 0.05) is 25.7 Å². The van der Waals surface area contributed by atoms with Crippen LogP contribution in [0.15, 0.2) is 0 Å². The van der Waals surface area contributed by atoms with Gasteiger partial charge in [0.2, 0.25) is 5.91 Å². The summed E-state index contributed by atoms with van der Waals surface area (Å²) in [6.07, 6.45) is 1.78. The molecule has 1 saturated heterocycles. The van der Waals surface area contributed by atoms with E-state index in [1.807, 2.05) is 0 Å². The van der Waals surface area contributed by atoms with Crippen LogP contribution in [0, 0.1) is 0 Å². The van der Waals surface area contributed by atoms with E-state index in [2.05, 4.69) is 5.32 Å². The molecular formula is C10H20N4O3. The third-order valence-electron chi connectivity index (χ3n) is 2.73. The molecule has 1 aliphatic heterocycles. The minimum absolute atomic E-state index is 0.0399. The van der Waals surface area contributed by atoms with E-state index in [0.717, 1.165) is 12.8 Å². The summed E-state index contributed by atoms with van der Waals surface area (Å²) in [5.74, 6) is -0.459. The van der Waals surface area contributed by atoms with Crippen molar-refractivity contribution in [3.05, 3.63) is 0 Å². The number of nitrogens with two attached hydrogens (primary N) is 2. The summed E-state index contributed by atoms with van der Waals surface area (Å²) in [7, 11) is 0. The third-order valence-corrected chi connectivity index (χ3v) is 2.73. The van der Waals surface area contributed by atoms with Gasteiger partial charge in [-0.15, -0.1) is 0 Å². The van der Waals surface area contributed by atoms with Crippen molar-refractivity contribution in [1.82, 2.24) is 10.2 Å². The predicted octanol–water partition coefficient (Wildman–Crippen LogP) is -1.38. The Morgan fingerprint density at radius 1 is 1.29 bits per heavy atom. The molecule has 0 atom stereocenters. The second-order valence-corrected chi connectivity index (χ2v) is 4.07. The molecule has 0 unspecified atom stereocenters. The van der Waals surface area contributed by atoms with Gasteiger partial charge in [-0.05, 0) is 12.8 Å². The van der Waals surface area contributed by atoms with Crippen LogP contribution in [0.3, 0.4) is 0 Å². The lowest BCUT2D eigenvalue weighted by Gasteiger charge is -2.31. The first-order chi connectivity index (χ1) is 8.09. The second-order valence-electron chi connectivity index (χ2n) is 4.07. The zero-order valence-electron chi connectivity index (χ0n) is 9.85. The first-order valence-electron chi connectivity index (χ1n) is 5.73. The van der Waals surface area contributed by atoms with Gasteiger partial charge in [0.1, 0.15) is 6.61 Å². The SMILES string of the molecule is NC(=O)COCCNC1CCN(C(N)=O)CC1. The Balaban J connectivity index is 2.02. The number of nitrogens with one attached hydrogen (secondary N) is 1. The molecule has 0 aromatic heterocycles. The Kier molecular flexibility index (Phi) is 5.71. The van der Waals surface area contributed by atoms with Crippen LogP contribution in [0.2, 0.25) is 0 Å². The van der Waals surface area contributed by atoms with Gasteiger partial charge >= 0.3 is 6.03 Å². The minimum atomic E-state index is -0.459. The van der Waals surface area contributed by atoms with E-state index >= 15 is 0 Å². The zero-order valence-corrected chi connectivity index (χ0v) is 9.85. The Hall–Kier alpha value is -1.34. The highest BCUT2D eigenvalue weighted by Gasteiger charge is 2.20. The van der Waals surface area contributed by atoms with Crippen LogP contribution in [-0.2, 0) is 9.53 Å². The second kappa shape index (κ2) is 7.08. The fourth-order valence-electron chi connectivity index (χ4n) is 1.81. The van der Waals surface area contributed by atoms with Crippen molar-refractivity contribution in [2.24, 2.45) is 11.5 Å². The monoisotopic (exact) mass is 244 g/mol. The first kappa shape index (κ1) is 13.7. The number of piperidine rings is 1. The first-order valence-corrected chi connectivity index (χ1v) is 5.73. The standard InChI is InChI=1S/C10H20N4O3/c11-9(15)7-17-6-3-13-8-1-4-14(5-2-8)10(12)16/h8,13H,1-7H2,(H2,11,15)(H2,12,16). The minimum Gasteiger partial charge on any atom is -0.370 e. The molecule has 1 fully saturated rings. The van der Waals surface area contributed by atoms with Gasteiger partial charge in [-0.3, -0.25) is 4.79 Å². The van der Waals surface area contributed by atoms with E-state index < -0.39 is 5.91 Å². The summed E-state index contributed by atoms with van der Waals surface area (Å²) < 4.78 is 5.02. The highest BCUT2D eigenvalue weighted by atomic mass is 16.5. The topological polar surface area (TPSA) is 111 Å². The Labute approximate surface area is 100 Å². The molecule has 5 N–H and O–H groups in total. The maximum Gasteiger partial charge on any atom is 0.314 e. The van der Waals surface area contributed by atoms with Crippen molar-refractivity contribution in [2.75, 3.05) is 32.8 Å². The molecule has 0 bridgehead atoms. The molecule has 1 aliphatic rings. The molecule has 0 aromatic rings. The van der Waals surface area contributed by atoms with Crippen molar-refractivity contribution in [3.63, 3.8) is 0 Å². The van der Waals surface area contributed by atoms with Crippen LogP contribution in [-0.4, -0.2) is 55.7 Å². The highest BCUT2D eigenvalue weighted by molar-refractivity contribution is 5.75. The number of primary amides is 2. The summed E-state index contributed by atoms with van der Waals surface area (Å²) in [4.78, 5) is 22.9. The molecule has 3 amide bonds. The summed E-state index contributed by atoms with van der Waals surface area (Å²) in [5.41, 5.74) is 10.1. The molecule has 1 rings (SSSR count). The summed E-state index contributed by atoms with van der Waals surface area (Å²) in [6.45, 7) is 2.47. The maximum atomic E-state index is 10.9. The summed E-state index contributed by atoms with van der Waals surface area (Å²) >= 11 is 0. The van der Waals surface area contributed by atoms with Crippen LogP contribution < -0.4 is 16.8 Å². The number of hydrogen-bond donors (Lipinski definition) is 3. The lowest BCUT2D eigenvalue weighted by Crippen LogP contribution is -2.47. The van der Waals surface area contributed by atoms with Crippen LogP contribution in [0.1, 0.15) is 12.8 Å². The van der Waals surface area contributed by atoms with Gasteiger partial charge in [0.05, 0.1) is 6.61 Å².